The predicted molar refractivity (Wildman–Crippen MR) is 60.8 cm³/mol. The largest absolute Gasteiger partial charge is 0.384 e. The van der Waals surface area contributed by atoms with Crippen LogP contribution >= 0.6 is 0 Å². The maximum Gasteiger partial charge on any atom is 0.248 e. The number of aliphatic hydroxyl groups is 1. The summed E-state index contributed by atoms with van der Waals surface area (Å²) in [5, 5.41) is 11.9. The molecular weight excluding hydrogens is 226 g/mol. The van der Waals surface area contributed by atoms with Gasteiger partial charge in [0.05, 0.1) is 6.54 Å². The molecule has 17 heavy (non-hydrogen) atoms. The highest BCUT2D eigenvalue weighted by atomic mass is 16.5. The van der Waals surface area contributed by atoms with Crippen LogP contribution in [0.1, 0.15) is 5.82 Å². The first-order chi connectivity index (χ1) is 8.02. The maximum atomic E-state index is 10.6. The third-order valence-electron chi connectivity index (χ3n) is 1.87. The fourth-order valence-corrected chi connectivity index (χ4v) is 1.10. The maximum absolute atomic E-state index is 10.6. The Hall–Kier alpha value is -1.93. The quantitative estimate of drug-likeness (QED) is 0.474. The lowest BCUT2D eigenvalue weighted by atomic mass is 10.3. The van der Waals surface area contributed by atoms with E-state index in [-0.39, 0.29) is 19.0 Å². The number of aromatic nitrogens is 2. The minimum Gasteiger partial charge on any atom is -0.384 e. The van der Waals surface area contributed by atoms with Crippen molar-refractivity contribution in [2.75, 3.05) is 24.7 Å². The van der Waals surface area contributed by atoms with Crippen molar-refractivity contribution >= 4 is 17.5 Å². The van der Waals surface area contributed by atoms with Crippen LogP contribution in [-0.2, 0) is 16.1 Å². The number of hydrogen-bond acceptors (Lipinski definition) is 7. The van der Waals surface area contributed by atoms with Gasteiger partial charge in [-0.1, -0.05) is 0 Å². The molecule has 0 aliphatic heterocycles. The highest BCUT2D eigenvalue weighted by molar-refractivity contribution is 5.79. The predicted octanol–water partition coefficient (Wildman–Crippen LogP) is -1.54. The van der Waals surface area contributed by atoms with Crippen molar-refractivity contribution in [1.29, 1.82) is 0 Å². The monoisotopic (exact) mass is 241 g/mol. The molecule has 1 aromatic rings. The van der Waals surface area contributed by atoms with Gasteiger partial charge in [0.1, 0.15) is 24.3 Å². The first kappa shape index (κ1) is 13.1. The molecule has 1 heterocycles. The summed E-state index contributed by atoms with van der Waals surface area (Å²) in [6, 6.07) is 1.48. The van der Waals surface area contributed by atoms with Gasteiger partial charge in [-0.2, -0.15) is 0 Å². The number of amides is 1. The average Bonchev–Trinajstić information content (AvgIpc) is 2.25. The number of nitrogens with zero attached hydrogens (tertiary/aromatic N) is 2. The third-order valence-corrected chi connectivity index (χ3v) is 1.87. The Kier molecular flexibility index (Phi) is 4.61. The topological polar surface area (TPSA) is 136 Å². The lowest BCUT2D eigenvalue weighted by molar-refractivity contribution is -0.125. The minimum absolute atomic E-state index is 0.0434. The van der Waals surface area contributed by atoms with E-state index in [2.05, 4.69) is 15.3 Å². The van der Waals surface area contributed by atoms with Gasteiger partial charge < -0.3 is 26.6 Å². The van der Waals surface area contributed by atoms with Crippen LogP contribution < -0.4 is 16.8 Å². The fourth-order valence-electron chi connectivity index (χ4n) is 1.10. The molecule has 0 saturated heterocycles. The molecule has 1 atom stereocenters. The van der Waals surface area contributed by atoms with E-state index in [9.17, 15) is 9.90 Å². The van der Waals surface area contributed by atoms with Gasteiger partial charge in [0.2, 0.25) is 5.91 Å². The smallest absolute Gasteiger partial charge is 0.248 e. The van der Waals surface area contributed by atoms with Crippen molar-refractivity contribution in [1.82, 2.24) is 9.97 Å². The number of nitrogens with one attached hydrogen (secondary N) is 1. The van der Waals surface area contributed by atoms with Gasteiger partial charge in [-0.15, -0.1) is 0 Å². The van der Waals surface area contributed by atoms with Crippen LogP contribution in [0, 0.1) is 0 Å². The number of rotatable bonds is 6. The van der Waals surface area contributed by atoms with Crippen LogP contribution in [0.15, 0.2) is 6.07 Å². The van der Waals surface area contributed by atoms with E-state index in [1.807, 2.05) is 0 Å². The Labute approximate surface area is 98.0 Å². The summed E-state index contributed by atoms with van der Waals surface area (Å²) < 4.78 is 4.87. The van der Waals surface area contributed by atoms with Gasteiger partial charge in [-0.25, -0.2) is 9.97 Å². The van der Waals surface area contributed by atoms with E-state index in [1.165, 1.54) is 13.2 Å². The van der Waals surface area contributed by atoms with Gasteiger partial charge >= 0.3 is 0 Å². The third kappa shape index (κ3) is 4.21. The summed E-state index contributed by atoms with van der Waals surface area (Å²) >= 11 is 0. The zero-order chi connectivity index (χ0) is 12.8. The average molecular weight is 241 g/mol. The van der Waals surface area contributed by atoms with Gasteiger partial charge in [-0.05, 0) is 0 Å². The molecule has 0 saturated carbocycles. The first-order valence-corrected chi connectivity index (χ1v) is 4.86. The van der Waals surface area contributed by atoms with Crippen LogP contribution in [0.4, 0.5) is 11.6 Å². The second-order valence-electron chi connectivity index (χ2n) is 3.33. The Balaban J connectivity index is 2.67. The Morgan fingerprint density at radius 2 is 2.35 bits per heavy atom. The normalized spacial score (nSPS) is 12.1. The molecule has 0 aromatic carbocycles. The van der Waals surface area contributed by atoms with Crippen molar-refractivity contribution in [3.05, 3.63) is 11.9 Å². The van der Waals surface area contributed by atoms with Crippen LogP contribution in [-0.4, -0.2) is 40.7 Å². The number of nitrogen functional groups attached to an aromatic ring is 1. The molecule has 94 valence electrons. The first-order valence-electron chi connectivity index (χ1n) is 4.86. The van der Waals surface area contributed by atoms with Crippen molar-refractivity contribution in [3.63, 3.8) is 0 Å². The van der Waals surface area contributed by atoms with Crippen molar-refractivity contribution < 1.29 is 14.6 Å². The molecule has 0 spiro atoms. The van der Waals surface area contributed by atoms with E-state index < -0.39 is 12.0 Å². The van der Waals surface area contributed by atoms with Crippen LogP contribution in [0.25, 0.3) is 0 Å². The standard InChI is InChI=1S/C9H15N5O3/c1-17-4-8-13-6(10)2-7(14-8)12-3-5(15)9(11)16/h2,5,15H,3-4H2,1H3,(H2,11,16)(H3,10,12,13,14). The summed E-state index contributed by atoms with van der Waals surface area (Å²) in [4.78, 5) is 18.6. The molecule has 0 radical (unpaired) electrons. The summed E-state index contributed by atoms with van der Waals surface area (Å²) in [6.45, 7) is 0.177. The number of carbonyl (C=O) groups is 1. The van der Waals surface area contributed by atoms with E-state index in [4.69, 9.17) is 16.2 Å². The van der Waals surface area contributed by atoms with Gasteiger partial charge in [-0.3, -0.25) is 4.79 Å². The number of ether oxygens (including phenoxy) is 1. The molecule has 0 fully saturated rings. The lowest BCUT2D eigenvalue weighted by Gasteiger charge is -2.10. The van der Waals surface area contributed by atoms with Gasteiger partial charge in [0, 0.05) is 13.2 Å². The second kappa shape index (κ2) is 5.97. The fraction of sp³-hybridized carbons (Fsp3) is 0.444. The van der Waals surface area contributed by atoms with E-state index >= 15 is 0 Å². The van der Waals surface area contributed by atoms with Crippen molar-refractivity contribution in [3.8, 4) is 0 Å². The Bertz CT molecular complexity index is 398. The Morgan fingerprint density at radius 1 is 1.65 bits per heavy atom. The van der Waals surface area contributed by atoms with Gasteiger partial charge in [0.25, 0.3) is 0 Å². The van der Waals surface area contributed by atoms with Crippen LogP contribution in [0.3, 0.4) is 0 Å². The molecule has 1 rings (SSSR count). The lowest BCUT2D eigenvalue weighted by Crippen LogP contribution is -2.34. The number of methoxy groups -OCH3 is 1. The van der Waals surface area contributed by atoms with Crippen LogP contribution in [0.2, 0.25) is 0 Å². The van der Waals surface area contributed by atoms with Crippen molar-refractivity contribution in [2.45, 2.75) is 12.7 Å². The molecule has 1 amide bonds. The molecule has 0 aliphatic rings. The molecule has 1 unspecified atom stereocenters. The second-order valence-corrected chi connectivity index (χ2v) is 3.33. The summed E-state index contributed by atoms with van der Waals surface area (Å²) in [5.41, 5.74) is 10.5. The summed E-state index contributed by atoms with van der Waals surface area (Å²) in [5.74, 6) is 0.258. The number of aliphatic hydroxyl groups excluding tert-OH is 1. The zero-order valence-corrected chi connectivity index (χ0v) is 9.38. The molecule has 8 nitrogen and oxygen atoms in total. The number of anilines is 2. The van der Waals surface area contributed by atoms with Crippen LogP contribution in [0.5, 0.6) is 0 Å². The van der Waals surface area contributed by atoms with E-state index in [0.717, 1.165) is 0 Å². The zero-order valence-electron chi connectivity index (χ0n) is 9.38. The number of carbonyl (C=O) groups excluding carboxylic acids is 1. The molecule has 0 bridgehead atoms. The molecule has 0 aliphatic carbocycles. The highest BCUT2D eigenvalue weighted by Gasteiger charge is 2.11. The van der Waals surface area contributed by atoms with Gasteiger partial charge in [0.15, 0.2) is 5.82 Å². The number of primary amides is 1. The summed E-state index contributed by atoms with van der Waals surface area (Å²) in [6.07, 6.45) is -1.28. The minimum atomic E-state index is -1.28. The molecule has 6 N–H and O–H groups in total. The SMILES string of the molecule is COCc1nc(N)cc(NCC(O)C(N)=O)n1. The summed E-state index contributed by atoms with van der Waals surface area (Å²) in [7, 11) is 1.51. The number of hydrogen-bond donors (Lipinski definition) is 4. The highest BCUT2D eigenvalue weighted by Crippen LogP contribution is 2.08. The van der Waals surface area contributed by atoms with E-state index in [1.54, 1.807) is 0 Å². The Morgan fingerprint density at radius 3 is 2.94 bits per heavy atom. The van der Waals surface area contributed by atoms with Crippen molar-refractivity contribution in [2.24, 2.45) is 5.73 Å². The molecular formula is C9H15N5O3. The van der Waals surface area contributed by atoms with E-state index in [0.29, 0.717) is 11.6 Å². The molecule has 8 heteroatoms. The molecule has 1 aromatic heterocycles. The number of nitrogens with two attached hydrogens (primary N) is 2.